The molecule has 1 aromatic carbocycles. The van der Waals surface area contributed by atoms with E-state index < -0.39 is 53.8 Å². The van der Waals surface area contributed by atoms with Gasteiger partial charge in [0.2, 0.25) is 29.5 Å². The molecule has 2 aliphatic rings. The van der Waals surface area contributed by atoms with E-state index in [0.717, 1.165) is 31.2 Å². The van der Waals surface area contributed by atoms with Gasteiger partial charge in [0.05, 0.1) is 18.6 Å². The molecule has 0 saturated heterocycles. The van der Waals surface area contributed by atoms with Crippen molar-refractivity contribution in [3.8, 4) is 0 Å². The number of rotatable bonds is 8. The van der Waals surface area contributed by atoms with E-state index in [2.05, 4.69) is 31.6 Å². The summed E-state index contributed by atoms with van der Waals surface area (Å²) in [5.74, 6) is -2.34. The van der Waals surface area contributed by atoms with Gasteiger partial charge in [0.15, 0.2) is 0 Å². The average molecular weight is 756 g/mol. The fourth-order valence-corrected chi connectivity index (χ4v) is 7.99. The molecule has 0 spiro atoms. The van der Waals surface area contributed by atoms with Crippen molar-refractivity contribution in [3.05, 3.63) is 52.0 Å². The molecule has 15 heteroatoms. The van der Waals surface area contributed by atoms with Crippen molar-refractivity contribution in [2.24, 2.45) is 11.8 Å². The van der Waals surface area contributed by atoms with E-state index in [-0.39, 0.29) is 48.9 Å². The number of hydrogen-bond acceptors (Lipinski definition) is 9. The maximum Gasteiger partial charge on any atom is 0.271 e. The highest BCUT2D eigenvalue weighted by molar-refractivity contribution is 7.98. The second-order valence-electron chi connectivity index (χ2n) is 14.0. The molecule has 1 aromatic heterocycles. The number of hydrogen-bond donors (Lipinski definition) is 5. The van der Waals surface area contributed by atoms with Crippen LogP contribution in [0.1, 0.15) is 93.3 Å². The Bertz CT molecular complexity index is 1550. The largest absolute Gasteiger partial charge is 0.349 e. The summed E-state index contributed by atoms with van der Waals surface area (Å²) in [6, 6.07) is 5.59. The van der Waals surface area contributed by atoms with Gasteiger partial charge < -0.3 is 31.5 Å². The van der Waals surface area contributed by atoms with Crippen LogP contribution in [0.3, 0.4) is 0 Å². The summed E-state index contributed by atoms with van der Waals surface area (Å²) < 4.78 is 0. The Labute approximate surface area is 314 Å². The van der Waals surface area contributed by atoms with E-state index in [0.29, 0.717) is 23.6 Å². The predicted octanol–water partition coefficient (Wildman–Crippen LogP) is 2.97. The number of thiazole rings is 1. The van der Waals surface area contributed by atoms with E-state index in [1.165, 1.54) is 30.0 Å². The van der Waals surface area contributed by atoms with Crippen LogP contribution in [0.25, 0.3) is 0 Å². The third kappa shape index (κ3) is 11.5. The molecule has 0 unspecified atom stereocenters. The van der Waals surface area contributed by atoms with E-state index in [4.69, 9.17) is 0 Å². The molecule has 284 valence electrons. The first kappa shape index (κ1) is 40.8. The molecule has 1 aliphatic carbocycles. The van der Waals surface area contributed by atoms with Gasteiger partial charge in [-0.05, 0) is 62.5 Å². The molecule has 6 amide bonds. The van der Waals surface area contributed by atoms with Crippen LogP contribution in [-0.4, -0.2) is 94.6 Å². The smallest absolute Gasteiger partial charge is 0.271 e. The molecule has 5 N–H and O–H groups in total. The SMILES string of the molecule is CC[C@@H]1NC(=O)[C@@H](C)NC(=O)c2csc(n2)[C@H](C(C)C)NC(=O)CN(C(=O)C2CCCC2)C[C@H](Cc2ccccc2)NC(=O)[C@H](CCSC)NC1=O. The van der Waals surface area contributed by atoms with Crippen molar-refractivity contribution in [2.75, 3.05) is 25.1 Å². The summed E-state index contributed by atoms with van der Waals surface area (Å²) in [6.07, 6.45) is 6.21. The van der Waals surface area contributed by atoms with Crippen molar-refractivity contribution in [2.45, 2.75) is 103 Å². The zero-order chi connectivity index (χ0) is 37.8. The molecule has 1 saturated carbocycles. The van der Waals surface area contributed by atoms with E-state index in [1.54, 1.807) is 17.2 Å². The Morgan fingerprint density at radius 1 is 0.942 bits per heavy atom. The van der Waals surface area contributed by atoms with Gasteiger partial charge >= 0.3 is 0 Å². The number of carbonyl (C=O) groups is 6. The lowest BCUT2D eigenvalue weighted by molar-refractivity contribution is -0.140. The zero-order valence-electron chi connectivity index (χ0n) is 30.7. The standard InChI is InChI=1S/C37H53N7O6S2/c1-6-27-33(47)41-28(16-17-51-5)34(48)39-26(18-24-12-8-7-9-13-24)19-44(37(50)25-14-10-11-15-25)20-30(45)43-31(22(2)3)36-42-29(21-52-36)35(49)38-23(4)32(46)40-27/h7-9,12-13,21-23,25-28,31H,6,10-11,14-20H2,1-5H3,(H,38,49)(H,39,48)(H,40,46)(H,41,47)(H,43,45)/t23-,26+,27+,28+,31+/m1/s1. The van der Waals surface area contributed by atoms with Crippen LogP contribution in [0.4, 0.5) is 0 Å². The first-order chi connectivity index (χ1) is 24.9. The molecule has 2 aromatic rings. The highest BCUT2D eigenvalue weighted by Crippen LogP contribution is 2.28. The van der Waals surface area contributed by atoms with Gasteiger partial charge in [-0.25, -0.2) is 4.98 Å². The molecule has 13 nitrogen and oxygen atoms in total. The fraction of sp³-hybridized carbons (Fsp3) is 0.595. The lowest BCUT2D eigenvalue weighted by Gasteiger charge is -2.32. The number of aromatic nitrogens is 1. The lowest BCUT2D eigenvalue weighted by Crippen LogP contribution is -2.58. The van der Waals surface area contributed by atoms with Crippen LogP contribution < -0.4 is 26.6 Å². The van der Waals surface area contributed by atoms with Crippen molar-refractivity contribution >= 4 is 58.5 Å². The quantitative estimate of drug-likeness (QED) is 0.273. The van der Waals surface area contributed by atoms with Gasteiger partial charge in [-0.1, -0.05) is 63.9 Å². The van der Waals surface area contributed by atoms with Gasteiger partial charge in [0, 0.05) is 17.8 Å². The molecule has 52 heavy (non-hydrogen) atoms. The van der Waals surface area contributed by atoms with Crippen molar-refractivity contribution < 1.29 is 28.8 Å². The van der Waals surface area contributed by atoms with Crippen LogP contribution in [0.2, 0.25) is 0 Å². The second kappa shape index (κ2) is 19.7. The molecular weight excluding hydrogens is 703 g/mol. The first-order valence-electron chi connectivity index (χ1n) is 18.2. The molecule has 5 atom stereocenters. The van der Waals surface area contributed by atoms with Crippen molar-refractivity contribution in [1.82, 2.24) is 36.5 Å². The molecule has 0 radical (unpaired) electrons. The summed E-state index contributed by atoms with van der Waals surface area (Å²) in [5.41, 5.74) is 1.03. The summed E-state index contributed by atoms with van der Waals surface area (Å²) in [7, 11) is 0. The topological polar surface area (TPSA) is 179 Å². The molecule has 4 rings (SSSR count). The molecule has 1 fully saturated rings. The Morgan fingerprint density at radius 3 is 2.27 bits per heavy atom. The Morgan fingerprint density at radius 2 is 1.62 bits per heavy atom. The molecule has 1 aliphatic heterocycles. The number of amides is 6. The summed E-state index contributed by atoms with van der Waals surface area (Å²) in [4.78, 5) is 87.8. The lowest BCUT2D eigenvalue weighted by atomic mass is 10.0. The number of benzene rings is 1. The highest BCUT2D eigenvalue weighted by Gasteiger charge is 2.34. The minimum Gasteiger partial charge on any atom is -0.349 e. The van der Waals surface area contributed by atoms with E-state index in [1.807, 2.05) is 50.4 Å². The number of nitrogens with one attached hydrogen (secondary N) is 5. The van der Waals surface area contributed by atoms with Gasteiger partial charge in [0.1, 0.15) is 28.8 Å². The third-order valence-corrected chi connectivity index (χ3v) is 11.1. The van der Waals surface area contributed by atoms with E-state index >= 15 is 0 Å². The highest BCUT2D eigenvalue weighted by atomic mass is 32.2. The molecular formula is C37H53N7O6S2. The maximum absolute atomic E-state index is 14.1. The number of nitrogens with zero attached hydrogens (tertiary/aromatic N) is 2. The maximum atomic E-state index is 14.1. The van der Waals surface area contributed by atoms with Crippen LogP contribution in [0.5, 0.6) is 0 Å². The number of carbonyl (C=O) groups excluding carboxylic acids is 6. The van der Waals surface area contributed by atoms with Gasteiger partial charge in [-0.2, -0.15) is 11.8 Å². The van der Waals surface area contributed by atoms with Crippen LogP contribution in [0.15, 0.2) is 35.7 Å². The van der Waals surface area contributed by atoms with Gasteiger partial charge in [0.25, 0.3) is 5.91 Å². The molecule has 2 heterocycles. The Kier molecular flexibility index (Phi) is 15.5. The minimum absolute atomic E-state index is 0.0754. The predicted molar refractivity (Wildman–Crippen MR) is 203 cm³/mol. The monoisotopic (exact) mass is 755 g/mol. The fourth-order valence-electron chi connectivity index (χ4n) is 6.49. The number of thioether (sulfide) groups is 1. The molecule has 2 bridgehead atoms. The van der Waals surface area contributed by atoms with Crippen LogP contribution in [0, 0.1) is 11.8 Å². The summed E-state index contributed by atoms with van der Waals surface area (Å²) in [6.45, 7) is 6.97. The Hall–Kier alpha value is -3.98. The third-order valence-electron chi connectivity index (χ3n) is 9.49. The van der Waals surface area contributed by atoms with E-state index in [9.17, 15) is 28.8 Å². The summed E-state index contributed by atoms with van der Waals surface area (Å²) >= 11 is 2.75. The van der Waals surface area contributed by atoms with Gasteiger partial charge in [-0.15, -0.1) is 11.3 Å². The van der Waals surface area contributed by atoms with Crippen molar-refractivity contribution in [3.63, 3.8) is 0 Å². The first-order valence-corrected chi connectivity index (χ1v) is 20.5. The normalized spacial score (nSPS) is 24.7. The average Bonchev–Trinajstić information content (AvgIpc) is 3.84. The van der Waals surface area contributed by atoms with Crippen molar-refractivity contribution in [1.29, 1.82) is 0 Å². The summed E-state index contributed by atoms with van der Waals surface area (Å²) in [5, 5.41) is 16.5. The number of fused-ring (bicyclic) bond motifs is 2. The second-order valence-corrected chi connectivity index (χ2v) is 15.8. The minimum atomic E-state index is -0.994. The van der Waals surface area contributed by atoms with Gasteiger partial charge in [-0.3, -0.25) is 28.8 Å². The Balaban J connectivity index is 1.73. The zero-order valence-corrected chi connectivity index (χ0v) is 32.4. The van der Waals surface area contributed by atoms with Crippen LogP contribution >= 0.6 is 23.1 Å². The van der Waals surface area contributed by atoms with Crippen LogP contribution in [-0.2, 0) is 30.4 Å².